The van der Waals surface area contributed by atoms with Gasteiger partial charge in [-0.15, -0.1) is 0 Å². The van der Waals surface area contributed by atoms with Gasteiger partial charge in [-0.25, -0.2) is 4.79 Å². The van der Waals surface area contributed by atoms with Gasteiger partial charge in [0.05, 0.1) is 0 Å². The fourth-order valence-electron chi connectivity index (χ4n) is 1.60. The second-order valence-corrected chi connectivity index (χ2v) is 5.91. The van der Waals surface area contributed by atoms with Crippen LogP contribution in [0.25, 0.3) is 0 Å². The van der Waals surface area contributed by atoms with Gasteiger partial charge in [0.2, 0.25) is 0 Å². The van der Waals surface area contributed by atoms with Crippen molar-refractivity contribution in [3.8, 4) is 0 Å². The minimum atomic E-state index is -0.173. The van der Waals surface area contributed by atoms with Crippen molar-refractivity contribution >= 4 is 6.09 Å². The number of nitrogens with zero attached hydrogens (tertiary/aromatic N) is 1. The summed E-state index contributed by atoms with van der Waals surface area (Å²) in [6.45, 7) is 7.97. The zero-order valence-electron chi connectivity index (χ0n) is 10.5. The number of likely N-dealkylation sites (tertiary alicyclic amines) is 1. The number of nitrogens with one attached hydrogen (secondary N) is 1. The number of amides is 1. The Morgan fingerprint density at radius 1 is 1.38 bits per heavy atom. The van der Waals surface area contributed by atoms with Gasteiger partial charge in [0, 0.05) is 24.5 Å². The number of ether oxygens (including phenoxy) is 1. The normalized spacial score (nSPS) is 22.6. The molecule has 1 saturated heterocycles. The third-order valence-corrected chi connectivity index (χ3v) is 3.08. The average Bonchev–Trinajstić information content (AvgIpc) is 2.81. The van der Waals surface area contributed by atoms with E-state index in [9.17, 15) is 4.79 Å². The maximum atomic E-state index is 11.7. The van der Waals surface area contributed by atoms with Crippen molar-refractivity contribution in [3.63, 3.8) is 0 Å². The fourth-order valence-corrected chi connectivity index (χ4v) is 1.60. The Balaban J connectivity index is 1.87. The summed E-state index contributed by atoms with van der Waals surface area (Å²) in [4.78, 5) is 13.5. The molecule has 0 radical (unpaired) electrons. The Bertz CT molecular complexity index is 265. The zero-order valence-corrected chi connectivity index (χ0v) is 10.5. The highest BCUT2D eigenvalue weighted by Crippen LogP contribution is 2.27. The molecule has 2 aliphatic rings. The Kier molecular flexibility index (Phi) is 3.10. The highest BCUT2D eigenvalue weighted by Gasteiger charge is 2.35. The van der Waals surface area contributed by atoms with Crippen LogP contribution in [-0.4, -0.2) is 36.4 Å². The molecule has 0 bridgehead atoms. The van der Waals surface area contributed by atoms with Gasteiger partial charge in [-0.2, -0.15) is 0 Å². The van der Waals surface area contributed by atoms with E-state index in [1.165, 1.54) is 12.8 Å². The van der Waals surface area contributed by atoms with Gasteiger partial charge in [-0.1, -0.05) is 20.8 Å². The van der Waals surface area contributed by atoms with Crippen molar-refractivity contribution in [2.75, 3.05) is 13.1 Å². The first-order chi connectivity index (χ1) is 7.47. The molecule has 1 heterocycles. The van der Waals surface area contributed by atoms with E-state index in [1.807, 2.05) is 0 Å². The van der Waals surface area contributed by atoms with E-state index in [1.54, 1.807) is 4.90 Å². The molecule has 0 aromatic rings. The summed E-state index contributed by atoms with van der Waals surface area (Å²) >= 11 is 0. The maximum absolute atomic E-state index is 11.7. The maximum Gasteiger partial charge on any atom is 0.411 e. The van der Waals surface area contributed by atoms with Crippen molar-refractivity contribution in [2.45, 2.75) is 52.3 Å². The van der Waals surface area contributed by atoms with Crippen molar-refractivity contribution in [1.29, 1.82) is 0 Å². The number of hydrogen-bond donors (Lipinski definition) is 1. The van der Waals surface area contributed by atoms with E-state index < -0.39 is 0 Å². The van der Waals surface area contributed by atoms with Gasteiger partial charge in [0.25, 0.3) is 0 Å². The molecule has 1 unspecified atom stereocenters. The van der Waals surface area contributed by atoms with Crippen molar-refractivity contribution in [1.82, 2.24) is 10.2 Å². The third-order valence-electron chi connectivity index (χ3n) is 3.08. The number of carbonyl (C=O) groups excluding carboxylic acids is 1. The van der Waals surface area contributed by atoms with E-state index in [0.717, 1.165) is 19.5 Å². The van der Waals surface area contributed by atoms with Gasteiger partial charge in [0.15, 0.2) is 6.23 Å². The molecule has 0 spiro atoms. The monoisotopic (exact) mass is 226 g/mol. The summed E-state index contributed by atoms with van der Waals surface area (Å²) in [5.41, 5.74) is -0.0525. The summed E-state index contributed by atoms with van der Waals surface area (Å²) in [5, 5.41) is 3.40. The lowest BCUT2D eigenvalue weighted by atomic mass is 9.94. The van der Waals surface area contributed by atoms with Crippen LogP contribution in [0.1, 0.15) is 40.0 Å². The minimum Gasteiger partial charge on any atom is -0.430 e. The van der Waals surface area contributed by atoms with Gasteiger partial charge in [0.1, 0.15) is 0 Å². The third kappa shape index (κ3) is 2.88. The van der Waals surface area contributed by atoms with E-state index in [0.29, 0.717) is 6.04 Å². The Hall–Kier alpha value is -0.770. The van der Waals surface area contributed by atoms with Crippen LogP contribution in [0, 0.1) is 5.41 Å². The molecule has 2 rings (SSSR count). The molecule has 4 nitrogen and oxygen atoms in total. The minimum absolute atomic E-state index is 0.0525. The lowest BCUT2D eigenvalue weighted by molar-refractivity contribution is -0.0183. The Morgan fingerprint density at radius 3 is 2.38 bits per heavy atom. The smallest absolute Gasteiger partial charge is 0.411 e. The van der Waals surface area contributed by atoms with Crippen LogP contribution < -0.4 is 5.32 Å². The molecule has 1 N–H and O–H groups in total. The summed E-state index contributed by atoms with van der Waals surface area (Å²) in [6, 6.07) is 0.549. The van der Waals surface area contributed by atoms with Gasteiger partial charge in [-0.05, 0) is 19.3 Å². The van der Waals surface area contributed by atoms with Gasteiger partial charge < -0.3 is 9.64 Å². The van der Waals surface area contributed by atoms with Crippen LogP contribution in [-0.2, 0) is 4.74 Å². The Labute approximate surface area is 97.3 Å². The number of rotatable bonds is 3. The van der Waals surface area contributed by atoms with Crippen LogP contribution in [0.2, 0.25) is 0 Å². The van der Waals surface area contributed by atoms with E-state index in [-0.39, 0.29) is 17.7 Å². The summed E-state index contributed by atoms with van der Waals surface area (Å²) < 4.78 is 5.55. The van der Waals surface area contributed by atoms with Crippen LogP contribution in [0.15, 0.2) is 0 Å². The fraction of sp³-hybridized carbons (Fsp3) is 0.917. The van der Waals surface area contributed by atoms with Crippen LogP contribution in [0.3, 0.4) is 0 Å². The Morgan fingerprint density at radius 2 is 2.00 bits per heavy atom. The number of carbonyl (C=O) groups is 1. The molecule has 1 aliphatic heterocycles. The molecule has 1 aliphatic carbocycles. The van der Waals surface area contributed by atoms with Crippen LogP contribution >= 0.6 is 0 Å². The first kappa shape index (κ1) is 11.7. The first-order valence-corrected chi connectivity index (χ1v) is 6.18. The average molecular weight is 226 g/mol. The first-order valence-electron chi connectivity index (χ1n) is 6.18. The van der Waals surface area contributed by atoms with E-state index in [2.05, 4.69) is 26.1 Å². The molecule has 1 amide bonds. The molecule has 0 aromatic carbocycles. The molecular weight excluding hydrogens is 204 g/mol. The zero-order chi connectivity index (χ0) is 11.8. The molecule has 16 heavy (non-hydrogen) atoms. The largest absolute Gasteiger partial charge is 0.430 e. The number of hydrogen-bond acceptors (Lipinski definition) is 3. The van der Waals surface area contributed by atoms with Crippen molar-refractivity contribution in [2.24, 2.45) is 5.41 Å². The molecule has 0 aromatic heterocycles. The van der Waals surface area contributed by atoms with Crippen molar-refractivity contribution < 1.29 is 9.53 Å². The second kappa shape index (κ2) is 4.24. The highest BCUT2D eigenvalue weighted by atomic mass is 16.6. The molecular formula is C12H22N2O2. The summed E-state index contributed by atoms with van der Waals surface area (Å²) in [6.07, 6.45) is 3.17. The quantitative estimate of drug-likeness (QED) is 0.748. The predicted molar refractivity (Wildman–Crippen MR) is 62.1 cm³/mol. The lowest BCUT2D eigenvalue weighted by Gasteiger charge is -2.36. The van der Waals surface area contributed by atoms with Crippen molar-refractivity contribution in [3.05, 3.63) is 0 Å². The van der Waals surface area contributed by atoms with E-state index >= 15 is 0 Å². The highest BCUT2D eigenvalue weighted by molar-refractivity contribution is 5.68. The van der Waals surface area contributed by atoms with Gasteiger partial charge in [-0.3, -0.25) is 5.32 Å². The second-order valence-electron chi connectivity index (χ2n) is 5.91. The molecule has 1 atom stereocenters. The van der Waals surface area contributed by atoms with E-state index in [4.69, 9.17) is 4.74 Å². The topological polar surface area (TPSA) is 41.6 Å². The SMILES string of the molecule is CC(C)(C)C(NC1CC1)OC(=O)N1CCC1. The standard InChI is InChI=1S/C12H22N2O2/c1-12(2,3)10(13-9-5-6-9)16-11(15)14-7-4-8-14/h9-10,13H,4-8H2,1-3H3. The molecule has 1 saturated carbocycles. The van der Waals surface area contributed by atoms with Gasteiger partial charge >= 0.3 is 6.09 Å². The molecule has 92 valence electrons. The summed E-state index contributed by atoms with van der Waals surface area (Å²) in [7, 11) is 0. The lowest BCUT2D eigenvalue weighted by Crippen LogP contribution is -2.50. The predicted octanol–water partition coefficient (Wildman–Crippen LogP) is 1.95. The van der Waals surface area contributed by atoms with Crippen LogP contribution in [0.4, 0.5) is 4.79 Å². The van der Waals surface area contributed by atoms with Crippen LogP contribution in [0.5, 0.6) is 0 Å². The molecule has 2 fully saturated rings. The summed E-state index contributed by atoms with van der Waals surface area (Å²) in [5.74, 6) is 0. The molecule has 4 heteroatoms.